The minimum absolute atomic E-state index is 0.00956. The highest BCUT2D eigenvalue weighted by Crippen LogP contribution is 2.33. The molecular formula is C11H12BrF3N2O2. The molecule has 3 N–H and O–H groups in total. The standard InChI is InChI=1S/C11H12BrF3N2O2/c1-19-9(5-16)10(18)17-8-4-6(11(13,14)15)2-3-7(8)12/h2-4,9H,5,16H2,1H3,(H,17,18). The summed E-state index contributed by atoms with van der Waals surface area (Å²) in [4.78, 5) is 11.7. The Labute approximate surface area is 116 Å². The third kappa shape index (κ3) is 4.19. The van der Waals surface area contributed by atoms with Crippen molar-refractivity contribution in [2.75, 3.05) is 19.0 Å². The summed E-state index contributed by atoms with van der Waals surface area (Å²) >= 11 is 3.06. The van der Waals surface area contributed by atoms with E-state index < -0.39 is 23.8 Å². The van der Waals surface area contributed by atoms with Crippen LogP contribution in [0.5, 0.6) is 0 Å². The van der Waals surface area contributed by atoms with Crippen LogP contribution >= 0.6 is 15.9 Å². The maximum absolute atomic E-state index is 12.6. The van der Waals surface area contributed by atoms with Gasteiger partial charge in [-0.3, -0.25) is 4.79 Å². The molecule has 0 heterocycles. The zero-order valence-electron chi connectivity index (χ0n) is 9.92. The van der Waals surface area contributed by atoms with Gasteiger partial charge < -0.3 is 15.8 Å². The summed E-state index contributed by atoms with van der Waals surface area (Å²) in [6.07, 6.45) is -5.39. The molecule has 0 bridgehead atoms. The van der Waals surface area contributed by atoms with Crippen molar-refractivity contribution in [2.45, 2.75) is 12.3 Å². The van der Waals surface area contributed by atoms with Gasteiger partial charge in [0.2, 0.25) is 0 Å². The van der Waals surface area contributed by atoms with Crippen LogP contribution in [0, 0.1) is 0 Å². The molecule has 1 aromatic rings. The highest BCUT2D eigenvalue weighted by Gasteiger charge is 2.31. The maximum atomic E-state index is 12.6. The molecule has 0 saturated carbocycles. The van der Waals surface area contributed by atoms with Crippen molar-refractivity contribution in [3.8, 4) is 0 Å². The summed E-state index contributed by atoms with van der Waals surface area (Å²) in [5, 5.41) is 2.33. The van der Waals surface area contributed by atoms with Gasteiger partial charge in [-0.1, -0.05) is 0 Å². The Hall–Kier alpha value is -1.12. The minimum atomic E-state index is -4.48. The predicted octanol–water partition coefficient (Wildman–Crippen LogP) is 2.38. The summed E-state index contributed by atoms with van der Waals surface area (Å²) in [6, 6.07) is 2.96. The van der Waals surface area contributed by atoms with Crippen molar-refractivity contribution in [3.63, 3.8) is 0 Å². The normalized spacial score (nSPS) is 13.2. The average molecular weight is 341 g/mol. The number of nitrogens with two attached hydrogens (primary N) is 1. The Morgan fingerprint density at radius 2 is 2.16 bits per heavy atom. The molecule has 0 radical (unpaired) electrons. The molecule has 1 amide bonds. The van der Waals surface area contributed by atoms with E-state index in [2.05, 4.69) is 21.2 Å². The predicted molar refractivity (Wildman–Crippen MR) is 67.6 cm³/mol. The molecule has 0 spiro atoms. The van der Waals surface area contributed by atoms with E-state index in [0.29, 0.717) is 4.47 Å². The lowest BCUT2D eigenvalue weighted by Crippen LogP contribution is -2.36. The molecule has 1 rings (SSSR count). The lowest BCUT2D eigenvalue weighted by atomic mass is 10.2. The van der Waals surface area contributed by atoms with Gasteiger partial charge in [-0.2, -0.15) is 13.2 Å². The molecule has 0 saturated heterocycles. The minimum Gasteiger partial charge on any atom is -0.370 e. The van der Waals surface area contributed by atoms with E-state index in [4.69, 9.17) is 10.5 Å². The molecule has 0 aliphatic heterocycles. The quantitative estimate of drug-likeness (QED) is 0.884. The van der Waals surface area contributed by atoms with Crippen LogP contribution < -0.4 is 11.1 Å². The van der Waals surface area contributed by atoms with Gasteiger partial charge in [0.15, 0.2) is 0 Å². The molecule has 0 aromatic heterocycles. The highest BCUT2D eigenvalue weighted by atomic mass is 79.9. The SMILES string of the molecule is COC(CN)C(=O)Nc1cc(C(F)(F)F)ccc1Br. The number of hydrogen-bond acceptors (Lipinski definition) is 3. The van der Waals surface area contributed by atoms with Crippen molar-refractivity contribution in [2.24, 2.45) is 5.73 Å². The summed E-state index contributed by atoms with van der Waals surface area (Å²) in [5.74, 6) is -0.606. The Morgan fingerprint density at radius 3 is 2.63 bits per heavy atom. The molecule has 0 aliphatic rings. The van der Waals surface area contributed by atoms with Crippen molar-refractivity contribution < 1.29 is 22.7 Å². The van der Waals surface area contributed by atoms with Crippen LogP contribution in [-0.2, 0) is 15.7 Å². The molecule has 0 fully saturated rings. The largest absolute Gasteiger partial charge is 0.416 e. The first kappa shape index (κ1) is 15.9. The molecule has 1 aromatic carbocycles. The lowest BCUT2D eigenvalue weighted by molar-refractivity contribution is -0.137. The van der Waals surface area contributed by atoms with Gasteiger partial charge in [0.1, 0.15) is 6.10 Å². The average Bonchev–Trinajstić information content (AvgIpc) is 2.32. The second-order valence-electron chi connectivity index (χ2n) is 3.64. The number of nitrogens with one attached hydrogen (secondary N) is 1. The van der Waals surface area contributed by atoms with Gasteiger partial charge in [-0.25, -0.2) is 0 Å². The van der Waals surface area contributed by atoms with E-state index in [-0.39, 0.29) is 12.2 Å². The van der Waals surface area contributed by atoms with Crippen LogP contribution in [0.15, 0.2) is 22.7 Å². The zero-order valence-corrected chi connectivity index (χ0v) is 11.5. The highest BCUT2D eigenvalue weighted by molar-refractivity contribution is 9.10. The summed E-state index contributed by atoms with van der Waals surface area (Å²) in [6.45, 7) is -0.0705. The van der Waals surface area contributed by atoms with E-state index in [1.807, 2.05) is 0 Å². The first-order valence-corrected chi connectivity index (χ1v) is 5.99. The van der Waals surface area contributed by atoms with Crippen molar-refractivity contribution in [1.29, 1.82) is 0 Å². The number of benzene rings is 1. The molecular weight excluding hydrogens is 329 g/mol. The number of carbonyl (C=O) groups excluding carboxylic acids is 1. The van der Waals surface area contributed by atoms with Gasteiger partial charge in [0, 0.05) is 18.1 Å². The molecule has 19 heavy (non-hydrogen) atoms. The molecule has 1 unspecified atom stereocenters. The number of methoxy groups -OCH3 is 1. The van der Waals surface area contributed by atoms with Crippen LogP contribution in [0.25, 0.3) is 0 Å². The number of amides is 1. The Bertz CT molecular complexity index is 462. The van der Waals surface area contributed by atoms with Gasteiger partial charge in [-0.05, 0) is 34.1 Å². The van der Waals surface area contributed by atoms with E-state index >= 15 is 0 Å². The van der Waals surface area contributed by atoms with Gasteiger partial charge in [0.05, 0.1) is 11.3 Å². The van der Waals surface area contributed by atoms with Crippen LogP contribution in [0.2, 0.25) is 0 Å². The van der Waals surface area contributed by atoms with Crippen molar-refractivity contribution in [3.05, 3.63) is 28.2 Å². The number of ether oxygens (including phenoxy) is 1. The second kappa shape index (κ2) is 6.36. The fourth-order valence-corrected chi connectivity index (χ4v) is 1.67. The first-order valence-electron chi connectivity index (χ1n) is 5.20. The number of anilines is 1. The van der Waals surface area contributed by atoms with Crippen LogP contribution in [-0.4, -0.2) is 25.7 Å². The lowest BCUT2D eigenvalue weighted by Gasteiger charge is -2.15. The fraction of sp³-hybridized carbons (Fsp3) is 0.364. The first-order chi connectivity index (χ1) is 8.79. The van der Waals surface area contributed by atoms with E-state index in [9.17, 15) is 18.0 Å². The third-order valence-electron chi connectivity index (χ3n) is 2.34. The number of alkyl halides is 3. The van der Waals surface area contributed by atoms with Gasteiger partial charge in [-0.15, -0.1) is 0 Å². The summed E-state index contributed by atoms with van der Waals surface area (Å²) < 4.78 is 42.8. The van der Waals surface area contributed by atoms with Gasteiger partial charge >= 0.3 is 6.18 Å². The van der Waals surface area contributed by atoms with E-state index in [0.717, 1.165) is 12.1 Å². The zero-order chi connectivity index (χ0) is 14.6. The maximum Gasteiger partial charge on any atom is 0.416 e. The Kier molecular flexibility index (Phi) is 5.33. The van der Waals surface area contributed by atoms with Gasteiger partial charge in [0.25, 0.3) is 5.91 Å². The number of carbonyl (C=O) groups is 1. The fourth-order valence-electron chi connectivity index (χ4n) is 1.32. The number of hydrogen-bond donors (Lipinski definition) is 2. The molecule has 1 atom stereocenters. The van der Waals surface area contributed by atoms with Crippen LogP contribution in [0.3, 0.4) is 0 Å². The van der Waals surface area contributed by atoms with E-state index in [1.54, 1.807) is 0 Å². The van der Waals surface area contributed by atoms with Crippen molar-refractivity contribution in [1.82, 2.24) is 0 Å². The number of halogens is 4. The third-order valence-corrected chi connectivity index (χ3v) is 3.03. The van der Waals surface area contributed by atoms with Crippen LogP contribution in [0.4, 0.5) is 18.9 Å². The van der Waals surface area contributed by atoms with E-state index in [1.165, 1.54) is 13.2 Å². The monoisotopic (exact) mass is 340 g/mol. The summed E-state index contributed by atoms with van der Waals surface area (Å²) in [5.41, 5.74) is 4.45. The number of rotatable bonds is 4. The van der Waals surface area contributed by atoms with Crippen molar-refractivity contribution >= 4 is 27.5 Å². The Balaban J connectivity index is 2.98. The molecule has 0 aliphatic carbocycles. The molecule has 4 nitrogen and oxygen atoms in total. The topological polar surface area (TPSA) is 64.3 Å². The molecule has 8 heteroatoms. The second-order valence-corrected chi connectivity index (χ2v) is 4.50. The summed E-state index contributed by atoms with van der Waals surface area (Å²) in [7, 11) is 1.29. The molecule has 106 valence electrons. The smallest absolute Gasteiger partial charge is 0.370 e. The Morgan fingerprint density at radius 1 is 1.53 bits per heavy atom. The van der Waals surface area contributed by atoms with Crippen LogP contribution in [0.1, 0.15) is 5.56 Å².